The minimum absolute atomic E-state index is 0. The standard InChI is InChI=1S/C8H18N2OS.ClH/c1-7(2)6-12-8(9)10-4-5-11-3;/h7H,4-6H2,1-3H3,(H2,9,10);1H. The molecule has 80 valence electrons. The molecular formula is C8H19ClN2OS. The van der Waals surface area contributed by atoms with E-state index in [1.54, 1.807) is 18.9 Å². The molecule has 0 aromatic heterocycles. The zero-order chi connectivity index (χ0) is 9.40. The van der Waals surface area contributed by atoms with Crippen molar-refractivity contribution in [1.82, 2.24) is 0 Å². The average molecular weight is 227 g/mol. The predicted molar refractivity (Wildman–Crippen MR) is 62.9 cm³/mol. The van der Waals surface area contributed by atoms with Crippen LogP contribution >= 0.6 is 24.2 Å². The monoisotopic (exact) mass is 226 g/mol. The molecule has 13 heavy (non-hydrogen) atoms. The fraction of sp³-hybridized carbons (Fsp3) is 0.875. The first-order chi connectivity index (χ1) is 5.66. The molecule has 0 rings (SSSR count). The van der Waals surface area contributed by atoms with Crippen LogP contribution in [0.25, 0.3) is 0 Å². The molecule has 0 aliphatic carbocycles. The summed E-state index contributed by atoms with van der Waals surface area (Å²) in [6.45, 7) is 5.63. The van der Waals surface area contributed by atoms with Gasteiger partial charge in [-0.25, -0.2) is 0 Å². The first-order valence-electron chi connectivity index (χ1n) is 4.08. The second kappa shape index (κ2) is 10.2. The van der Waals surface area contributed by atoms with Crippen LogP contribution in [0.4, 0.5) is 0 Å². The molecule has 0 unspecified atom stereocenters. The third-order valence-electron chi connectivity index (χ3n) is 1.13. The van der Waals surface area contributed by atoms with Gasteiger partial charge in [-0.3, -0.25) is 4.99 Å². The zero-order valence-electron chi connectivity index (χ0n) is 8.45. The molecule has 0 fully saturated rings. The minimum Gasteiger partial charge on any atom is -0.383 e. The highest BCUT2D eigenvalue weighted by Crippen LogP contribution is 2.06. The van der Waals surface area contributed by atoms with Gasteiger partial charge in [0.2, 0.25) is 0 Å². The molecule has 0 aromatic carbocycles. The van der Waals surface area contributed by atoms with E-state index in [-0.39, 0.29) is 12.4 Å². The number of amidine groups is 1. The Balaban J connectivity index is 0. The van der Waals surface area contributed by atoms with Gasteiger partial charge in [0.05, 0.1) is 13.2 Å². The lowest BCUT2D eigenvalue weighted by atomic mass is 10.3. The van der Waals surface area contributed by atoms with Gasteiger partial charge in [-0.2, -0.15) is 0 Å². The Bertz CT molecular complexity index is 142. The van der Waals surface area contributed by atoms with Gasteiger partial charge in [0.15, 0.2) is 5.17 Å². The Hall–Kier alpha value is 0.0700. The molecule has 0 bridgehead atoms. The number of nitrogens with zero attached hydrogens (tertiary/aromatic N) is 1. The van der Waals surface area contributed by atoms with Crippen LogP contribution < -0.4 is 5.73 Å². The first kappa shape index (κ1) is 15.5. The number of nitrogens with two attached hydrogens (primary N) is 1. The third kappa shape index (κ3) is 12.1. The topological polar surface area (TPSA) is 47.6 Å². The molecule has 0 aliphatic heterocycles. The molecule has 0 heterocycles. The number of halogens is 1. The van der Waals surface area contributed by atoms with Gasteiger partial charge in [-0.15, -0.1) is 12.4 Å². The summed E-state index contributed by atoms with van der Waals surface area (Å²) in [5, 5.41) is 0.667. The van der Waals surface area contributed by atoms with Gasteiger partial charge < -0.3 is 10.5 Å². The van der Waals surface area contributed by atoms with Crippen molar-refractivity contribution in [2.75, 3.05) is 26.0 Å². The highest BCUT2D eigenvalue weighted by Gasteiger charge is 1.96. The van der Waals surface area contributed by atoms with E-state index in [1.807, 2.05) is 0 Å². The van der Waals surface area contributed by atoms with E-state index in [1.165, 1.54) is 0 Å². The maximum Gasteiger partial charge on any atom is 0.153 e. The van der Waals surface area contributed by atoms with Crippen molar-refractivity contribution < 1.29 is 4.74 Å². The van der Waals surface area contributed by atoms with E-state index >= 15 is 0 Å². The summed E-state index contributed by atoms with van der Waals surface area (Å²) < 4.78 is 4.85. The number of hydrogen-bond donors (Lipinski definition) is 1. The highest BCUT2D eigenvalue weighted by atomic mass is 35.5. The fourth-order valence-corrected chi connectivity index (χ4v) is 1.23. The molecule has 0 atom stereocenters. The van der Waals surface area contributed by atoms with Crippen molar-refractivity contribution in [2.45, 2.75) is 13.8 Å². The van der Waals surface area contributed by atoms with Crippen molar-refractivity contribution in [1.29, 1.82) is 0 Å². The minimum atomic E-state index is 0. The number of thioether (sulfide) groups is 1. The Morgan fingerprint density at radius 1 is 1.54 bits per heavy atom. The lowest BCUT2D eigenvalue weighted by Gasteiger charge is -2.03. The summed E-state index contributed by atoms with van der Waals surface area (Å²) >= 11 is 1.61. The van der Waals surface area contributed by atoms with Gasteiger partial charge >= 0.3 is 0 Å². The van der Waals surface area contributed by atoms with Gasteiger partial charge in [0.1, 0.15) is 0 Å². The maximum atomic E-state index is 5.62. The lowest BCUT2D eigenvalue weighted by molar-refractivity contribution is 0.208. The summed E-state index contributed by atoms with van der Waals surface area (Å²) in [6.07, 6.45) is 0. The largest absolute Gasteiger partial charge is 0.383 e. The molecule has 2 N–H and O–H groups in total. The summed E-state index contributed by atoms with van der Waals surface area (Å²) in [7, 11) is 1.66. The molecule has 0 spiro atoms. The van der Waals surface area contributed by atoms with Crippen molar-refractivity contribution in [3.63, 3.8) is 0 Å². The van der Waals surface area contributed by atoms with Crippen molar-refractivity contribution in [2.24, 2.45) is 16.6 Å². The van der Waals surface area contributed by atoms with Crippen molar-refractivity contribution >= 4 is 29.3 Å². The molecule has 0 aliphatic rings. The van der Waals surface area contributed by atoms with E-state index in [0.717, 1.165) is 5.75 Å². The number of hydrogen-bond acceptors (Lipinski definition) is 3. The van der Waals surface area contributed by atoms with E-state index in [0.29, 0.717) is 24.2 Å². The second-order valence-electron chi connectivity index (χ2n) is 2.92. The number of ether oxygens (including phenoxy) is 1. The van der Waals surface area contributed by atoms with E-state index in [2.05, 4.69) is 18.8 Å². The molecule has 5 heteroatoms. The van der Waals surface area contributed by atoms with Gasteiger partial charge in [0.25, 0.3) is 0 Å². The van der Waals surface area contributed by atoms with Crippen LogP contribution in [0.5, 0.6) is 0 Å². The van der Waals surface area contributed by atoms with Crippen LogP contribution in [0.15, 0.2) is 4.99 Å². The third-order valence-corrected chi connectivity index (χ3v) is 2.39. The van der Waals surface area contributed by atoms with Crippen LogP contribution in [0.3, 0.4) is 0 Å². The maximum absolute atomic E-state index is 5.62. The van der Waals surface area contributed by atoms with Gasteiger partial charge in [-0.05, 0) is 5.92 Å². The summed E-state index contributed by atoms with van der Waals surface area (Å²) in [5.74, 6) is 1.69. The van der Waals surface area contributed by atoms with Crippen LogP contribution in [0.1, 0.15) is 13.8 Å². The quantitative estimate of drug-likeness (QED) is 0.442. The van der Waals surface area contributed by atoms with E-state index < -0.39 is 0 Å². The molecule has 0 aromatic rings. The first-order valence-corrected chi connectivity index (χ1v) is 5.07. The van der Waals surface area contributed by atoms with Crippen molar-refractivity contribution in [3.8, 4) is 0 Å². The molecule has 0 saturated carbocycles. The molecule has 0 amide bonds. The number of aliphatic imine (C=N–C) groups is 1. The molecule has 3 nitrogen and oxygen atoms in total. The average Bonchev–Trinajstić information content (AvgIpc) is 2.01. The van der Waals surface area contributed by atoms with Gasteiger partial charge in [-0.1, -0.05) is 25.6 Å². The van der Waals surface area contributed by atoms with Crippen molar-refractivity contribution in [3.05, 3.63) is 0 Å². The molecular weight excluding hydrogens is 208 g/mol. The summed E-state index contributed by atoms with van der Waals surface area (Å²) in [6, 6.07) is 0. The summed E-state index contributed by atoms with van der Waals surface area (Å²) in [5.41, 5.74) is 5.62. The van der Waals surface area contributed by atoms with Gasteiger partial charge in [0, 0.05) is 12.9 Å². The summed E-state index contributed by atoms with van der Waals surface area (Å²) in [4.78, 5) is 4.12. The van der Waals surface area contributed by atoms with E-state index in [4.69, 9.17) is 10.5 Å². The SMILES string of the molecule is COCCN=C(N)SCC(C)C.Cl. The lowest BCUT2D eigenvalue weighted by Crippen LogP contribution is -2.11. The molecule has 0 saturated heterocycles. The van der Waals surface area contributed by atoms with Crippen LogP contribution in [0, 0.1) is 5.92 Å². The highest BCUT2D eigenvalue weighted by molar-refractivity contribution is 8.13. The second-order valence-corrected chi connectivity index (χ2v) is 3.96. The number of methoxy groups -OCH3 is 1. The van der Waals surface area contributed by atoms with Crippen LogP contribution in [-0.2, 0) is 4.74 Å². The Labute approximate surface area is 90.9 Å². The Morgan fingerprint density at radius 3 is 2.62 bits per heavy atom. The van der Waals surface area contributed by atoms with Crippen LogP contribution in [-0.4, -0.2) is 31.2 Å². The zero-order valence-corrected chi connectivity index (χ0v) is 10.1. The Morgan fingerprint density at radius 2 is 2.15 bits per heavy atom. The molecule has 0 radical (unpaired) electrons. The smallest absolute Gasteiger partial charge is 0.153 e. The Kier molecular flexibility index (Phi) is 12.1. The predicted octanol–water partition coefficient (Wildman–Crippen LogP) is 1.76. The van der Waals surface area contributed by atoms with Crippen LogP contribution in [0.2, 0.25) is 0 Å². The fourth-order valence-electron chi connectivity index (χ4n) is 0.545. The normalized spacial score (nSPS) is 11.5. The number of rotatable bonds is 5. The van der Waals surface area contributed by atoms with E-state index in [9.17, 15) is 0 Å².